The second-order valence-corrected chi connectivity index (χ2v) is 6.83. The van der Waals surface area contributed by atoms with Crippen LogP contribution < -0.4 is 5.32 Å². The molecule has 7 nitrogen and oxygen atoms in total. The Kier molecular flexibility index (Phi) is 4.12. The SMILES string of the molecule is COC(=O)c1ccc2c(c1)N=C1Nc3cc(C(=O)OC)ccc3CC1(C#N)C2. The Bertz CT molecular complexity index is 1080. The van der Waals surface area contributed by atoms with Crippen LogP contribution in [0, 0.1) is 16.7 Å². The Morgan fingerprint density at radius 1 is 1.04 bits per heavy atom. The quantitative estimate of drug-likeness (QED) is 0.810. The van der Waals surface area contributed by atoms with E-state index in [1.807, 2.05) is 12.1 Å². The molecule has 0 spiro atoms. The van der Waals surface area contributed by atoms with Gasteiger partial charge in [0, 0.05) is 18.5 Å². The van der Waals surface area contributed by atoms with E-state index in [0.717, 1.165) is 16.8 Å². The first kappa shape index (κ1) is 17.7. The zero-order chi connectivity index (χ0) is 19.9. The summed E-state index contributed by atoms with van der Waals surface area (Å²) >= 11 is 0. The maximum Gasteiger partial charge on any atom is 0.337 e. The Hall–Kier alpha value is -3.66. The third-order valence-electron chi connectivity index (χ3n) is 5.17. The largest absolute Gasteiger partial charge is 0.465 e. The molecular formula is C21H17N3O4. The van der Waals surface area contributed by atoms with Crippen molar-refractivity contribution < 1.29 is 19.1 Å². The molecule has 1 unspecified atom stereocenters. The van der Waals surface area contributed by atoms with Gasteiger partial charge in [-0.2, -0.15) is 5.26 Å². The van der Waals surface area contributed by atoms with Gasteiger partial charge in [0.05, 0.1) is 37.1 Å². The van der Waals surface area contributed by atoms with Gasteiger partial charge in [-0.3, -0.25) is 0 Å². The fraction of sp³-hybridized carbons (Fsp3) is 0.238. The van der Waals surface area contributed by atoms with E-state index in [-0.39, 0.29) is 0 Å². The molecule has 0 saturated carbocycles. The van der Waals surface area contributed by atoms with E-state index < -0.39 is 17.4 Å². The molecule has 4 rings (SSSR count). The second kappa shape index (κ2) is 6.50. The van der Waals surface area contributed by atoms with E-state index in [2.05, 4.69) is 16.4 Å². The fourth-order valence-electron chi connectivity index (χ4n) is 3.67. The third-order valence-corrected chi connectivity index (χ3v) is 5.17. The highest BCUT2D eigenvalue weighted by molar-refractivity contribution is 6.08. The number of methoxy groups -OCH3 is 2. The van der Waals surface area contributed by atoms with Gasteiger partial charge in [-0.25, -0.2) is 14.6 Å². The number of anilines is 1. The standard InChI is InChI=1S/C21H17N3O4/c1-27-18(25)12-3-5-14-9-21(11-22)10-15-6-4-13(19(26)28-2)8-17(15)24-20(21)23-16(14)7-12/h3-8H,9-10H2,1-2H3,(H,23,24). The lowest BCUT2D eigenvalue weighted by Gasteiger charge is -2.37. The minimum absolute atomic E-state index is 0.402. The summed E-state index contributed by atoms with van der Waals surface area (Å²) < 4.78 is 9.54. The summed E-state index contributed by atoms with van der Waals surface area (Å²) in [4.78, 5) is 28.3. The first-order valence-electron chi connectivity index (χ1n) is 8.69. The lowest BCUT2D eigenvalue weighted by Crippen LogP contribution is -2.44. The van der Waals surface area contributed by atoms with E-state index in [1.165, 1.54) is 14.2 Å². The Morgan fingerprint density at radius 2 is 1.64 bits per heavy atom. The third kappa shape index (κ3) is 2.70. The van der Waals surface area contributed by atoms with Crippen LogP contribution in [0.3, 0.4) is 0 Å². The molecule has 7 heteroatoms. The molecule has 1 atom stereocenters. The number of nitriles is 1. The monoisotopic (exact) mass is 375 g/mol. The molecule has 2 aliphatic heterocycles. The zero-order valence-corrected chi connectivity index (χ0v) is 15.4. The predicted molar refractivity (Wildman–Crippen MR) is 102 cm³/mol. The van der Waals surface area contributed by atoms with Gasteiger partial charge in [0.2, 0.25) is 0 Å². The lowest BCUT2D eigenvalue weighted by atomic mass is 9.72. The average Bonchev–Trinajstić information content (AvgIpc) is 2.74. The number of aliphatic imine (C=N–C) groups is 1. The average molecular weight is 375 g/mol. The molecule has 140 valence electrons. The number of nitrogens with zero attached hydrogens (tertiary/aromatic N) is 2. The number of nitrogens with one attached hydrogen (secondary N) is 1. The minimum Gasteiger partial charge on any atom is -0.465 e. The van der Waals surface area contributed by atoms with Crippen molar-refractivity contribution in [2.45, 2.75) is 12.8 Å². The van der Waals surface area contributed by atoms with Crippen LogP contribution in [0.5, 0.6) is 0 Å². The van der Waals surface area contributed by atoms with Crippen molar-refractivity contribution in [2.75, 3.05) is 19.5 Å². The van der Waals surface area contributed by atoms with Crippen LogP contribution in [0.25, 0.3) is 0 Å². The van der Waals surface area contributed by atoms with Crippen LogP contribution in [0.2, 0.25) is 0 Å². The summed E-state index contributed by atoms with van der Waals surface area (Å²) in [6, 6.07) is 12.8. The van der Waals surface area contributed by atoms with Crippen molar-refractivity contribution in [1.82, 2.24) is 0 Å². The first-order chi connectivity index (χ1) is 13.5. The molecule has 0 fully saturated rings. The van der Waals surface area contributed by atoms with Crippen molar-refractivity contribution >= 4 is 29.1 Å². The summed E-state index contributed by atoms with van der Waals surface area (Å²) in [5.74, 6) is -0.357. The van der Waals surface area contributed by atoms with Gasteiger partial charge in [0.25, 0.3) is 0 Å². The van der Waals surface area contributed by atoms with E-state index in [0.29, 0.717) is 35.5 Å². The molecule has 0 radical (unpaired) electrons. The molecule has 1 N–H and O–H groups in total. The summed E-state index contributed by atoms with van der Waals surface area (Å²) in [5.41, 5.74) is 3.18. The van der Waals surface area contributed by atoms with E-state index in [4.69, 9.17) is 9.47 Å². The molecular weight excluding hydrogens is 358 g/mol. The van der Waals surface area contributed by atoms with Crippen LogP contribution in [-0.2, 0) is 22.3 Å². The van der Waals surface area contributed by atoms with Crippen molar-refractivity contribution in [3.8, 4) is 6.07 Å². The van der Waals surface area contributed by atoms with Crippen molar-refractivity contribution in [3.63, 3.8) is 0 Å². The number of rotatable bonds is 2. The Labute approximate surface area is 161 Å². The van der Waals surface area contributed by atoms with E-state index in [1.54, 1.807) is 24.3 Å². The summed E-state index contributed by atoms with van der Waals surface area (Å²) in [7, 11) is 2.66. The highest BCUT2D eigenvalue weighted by Crippen LogP contribution is 2.43. The van der Waals surface area contributed by atoms with Crippen molar-refractivity contribution in [3.05, 3.63) is 58.7 Å². The molecule has 2 heterocycles. The number of carbonyl (C=O) groups is 2. The van der Waals surface area contributed by atoms with Gasteiger partial charge in [-0.15, -0.1) is 0 Å². The normalized spacial score (nSPS) is 19.0. The Morgan fingerprint density at radius 3 is 2.29 bits per heavy atom. The predicted octanol–water partition coefficient (Wildman–Crippen LogP) is 3.02. The van der Waals surface area contributed by atoms with E-state index >= 15 is 0 Å². The molecule has 2 aromatic rings. The van der Waals surface area contributed by atoms with Crippen LogP contribution in [0.1, 0.15) is 31.8 Å². The van der Waals surface area contributed by atoms with Gasteiger partial charge in [0.1, 0.15) is 11.3 Å². The molecule has 0 bridgehead atoms. The maximum absolute atomic E-state index is 11.8. The van der Waals surface area contributed by atoms with Gasteiger partial charge in [-0.05, 0) is 35.4 Å². The highest BCUT2D eigenvalue weighted by Gasteiger charge is 2.44. The molecule has 28 heavy (non-hydrogen) atoms. The van der Waals surface area contributed by atoms with Gasteiger partial charge in [-0.1, -0.05) is 12.1 Å². The summed E-state index contributed by atoms with van der Waals surface area (Å²) in [6.07, 6.45) is 0.953. The van der Waals surface area contributed by atoms with Crippen LogP contribution in [-0.4, -0.2) is 32.0 Å². The van der Waals surface area contributed by atoms with Crippen molar-refractivity contribution in [2.24, 2.45) is 10.4 Å². The number of hydrogen-bond donors (Lipinski definition) is 1. The van der Waals surface area contributed by atoms with Crippen molar-refractivity contribution in [1.29, 1.82) is 5.26 Å². The number of esters is 2. The van der Waals surface area contributed by atoms with Crippen LogP contribution in [0.4, 0.5) is 11.4 Å². The number of fused-ring (bicyclic) bond motifs is 3. The molecule has 0 aliphatic carbocycles. The molecule has 0 saturated heterocycles. The highest BCUT2D eigenvalue weighted by atomic mass is 16.5. The van der Waals surface area contributed by atoms with Gasteiger partial charge < -0.3 is 14.8 Å². The number of benzene rings is 2. The number of amidine groups is 1. The smallest absolute Gasteiger partial charge is 0.337 e. The molecule has 0 amide bonds. The molecule has 2 aliphatic rings. The summed E-state index contributed by atoms with van der Waals surface area (Å²) in [5, 5.41) is 13.2. The number of ether oxygens (including phenoxy) is 2. The molecule has 2 aromatic carbocycles. The maximum atomic E-state index is 11.8. The topological polar surface area (TPSA) is 101 Å². The molecule has 0 aromatic heterocycles. The minimum atomic E-state index is -0.820. The van der Waals surface area contributed by atoms with Gasteiger partial charge >= 0.3 is 11.9 Å². The number of carbonyl (C=O) groups excluding carboxylic acids is 2. The zero-order valence-electron chi connectivity index (χ0n) is 15.4. The number of hydrogen-bond acceptors (Lipinski definition) is 7. The van der Waals surface area contributed by atoms with Gasteiger partial charge in [0.15, 0.2) is 0 Å². The lowest BCUT2D eigenvalue weighted by molar-refractivity contribution is 0.0592. The fourth-order valence-corrected chi connectivity index (χ4v) is 3.67. The first-order valence-corrected chi connectivity index (χ1v) is 8.69. The Balaban J connectivity index is 1.79. The van der Waals surface area contributed by atoms with Crippen LogP contribution in [0.15, 0.2) is 41.4 Å². The second-order valence-electron chi connectivity index (χ2n) is 6.83. The van der Waals surface area contributed by atoms with Crippen LogP contribution >= 0.6 is 0 Å². The summed E-state index contributed by atoms with van der Waals surface area (Å²) in [6.45, 7) is 0. The van der Waals surface area contributed by atoms with E-state index in [9.17, 15) is 14.9 Å².